The molecule has 8 nitrogen and oxygen atoms in total. The zero-order chi connectivity index (χ0) is 21.8. The Morgan fingerprint density at radius 2 is 1.90 bits per heavy atom. The second kappa shape index (κ2) is 9.47. The van der Waals surface area contributed by atoms with Crippen LogP contribution < -0.4 is 5.32 Å². The van der Waals surface area contributed by atoms with Crippen molar-refractivity contribution < 1.29 is 22.7 Å². The molecule has 31 heavy (non-hydrogen) atoms. The Hall–Kier alpha value is -2.27. The van der Waals surface area contributed by atoms with Crippen LogP contribution in [0.25, 0.3) is 0 Å². The molecule has 0 radical (unpaired) electrons. The van der Waals surface area contributed by atoms with E-state index in [1.54, 1.807) is 23.1 Å². The zero-order valence-electron chi connectivity index (χ0n) is 17.0. The SMILES string of the molecule is O=C(Nc1cccc(S(=O)(=O)N2CCOCC2)c1)[C@@H]1CCCN(C(=O)c2cccs2)C1. The van der Waals surface area contributed by atoms with E-state index in [1.165, 1.54) is 27.8 Å². The average Bonchev–Trinajstić information content (AvgIpc) is 3.34. The van der Waals surface area contributed by atoms with E-state index in [2.05, 4.69) is 5.32 Å². The van der Waals surface area contributed by atoms with E-state index in [4.69, 9.17) is 4.74 Å². The minimum Gasteiger partial charge on any atom is -0.379 e. The maximum atomic E-state index is 12.9. The van der Waals surface area contributed by atoms with Gasteiger partial charge in [-0.05, 0) is 42.5 Å². The molecule has 2 aromatic rings. The molecule has 2 aliphatic rings. The molecule has 0 bridgehead atoms. The first-order valence-corrected chi connectivity index (χ1v) is 12.6. The normalized spacial score (nSPS) is 20.4. The van der Waals surface area contributed by atoms with E-state index in [1.807, 2.05) is 11.4 Å². The topological polar surface area (TPSA) is 96.0 Å². The van der Waals surface area contributed by atoms with Gasteiger partial charge in [-0.15, -0.1) is 11.3 Å². The predicted octanol–water partition coefficient (Wildman–Crippen LogP) is 2.26. The number of ether oxygens (including phenoxy) is 1. The van der Waals surface area contributed by atoms with Gasteiger partial charge in [0.2, 0.25) is 15.9 Å². The molecular formula is C21H25N3O5S2. The van der Waals surface area contributed by atoms with Crippen molar-refractivity contribution in [2.24, 2.45) is 5.92 Å². The van der Waals surface area contributed by atoms with Crippen LogP contribution in [0.15, 0.2) is 46.7 Å². The Balaban J connectivity index is 1.42. The molecule has 0 spiro atoms. The molecule has 2 saturated heterocycles. The van der Waals surface area contributed by atoms with E-state index in [0.29, 0.717) is 56.4 Å². The number of nitrogens with one attached hydrogen (secondary N) is 1. The van der Waals surface area contributed by atoms with Crippen LogP contribution in [0.5, 0.6) is 0 Å². The molecule has 1 atom stereocenters. The van der Waals surface area contributed by atoms with Crippen LogP contribution in [-0.4, -0.2) is 68.8 Å². The molecule has 1 N–H and O–H groups in total. The van der Waals surface area contributed by atoms with Crippen LogP contribution in [0.2, 0.25) is 0 Å². The summed E-state index contributed by atoms with van der Waals surface area (Å²) in [7, 11) is -3.64. The maximum absolute atomic E-state index is 12.9. The molecule has 0 unspecified atom stereocenters. The first kappa shape index (κ1) is 21.9. The lowest BCUT2D eigenvalue weighted by atomic mass is 9.97. The van der Waals surface area contributed by atoms with E-state index in [-0.39, 0.29) is 22.6 Å². The fraction of sp³-hybridized carbons (Fsp3) is 0.429. The molecule has 2 amide bonds. The van der Waals surface area contributed by atoms with Crippen molar-refractivity contribution in [2.45, 2.75) is 17.7 Å². The first-order chi connectivity index (χ1) is 14.9. The summed E-state index contributed by atoms with van der Waals surface area (Å²) < 4.78 is 32.4. The monoisotopic (exact) mass is 463 g/mol. The number of benzene rings is 1. The van der Waals surface area contributed by atoms with Gasteiger partial charge in [-0.25, -0.2) is 8.42 Å². The van der Waals surface area contributed by atoms with Gasteiger partial charge in [0.15, 0.2) is 0 Å². The highest BCUT2D eigenvalue weighted by Gasteiger charge is 2.30. The number of hydrogen-bond donors (Lipinski definition) is 1. The summed E-state index contributed by atoms with van der Waals surface area (Å²) >= 11 is 1.39. The molecule has 4 rings (SSSR count). The average molecular weight is 464 g/mol. The summed E-state index contributed by atoms with van der Waals surface area (Å²) in [6.07, 6.45) is 1.44. The van der Waals surface area contributed by atoms with Crippen molar-refractivity contribution in [3.05, 3.63) is 46.7 Å². The van der Waals surface area contributed by atoms with Crippen molar-refractivity contribution in [1.82, 2.24) is 9.21 Å². The highest BCUT2D eigenvalue weighted by Crippen LogP contribution is 2.24. The van der Waals surface area contributed by atoms with Crippen LogP contribution >= 0.6 is 11.3 Å². The lowest BCUT2D eigenvalue weighted by Crippen LogP contribution is -2.43. The van der Waals surface area contributed by atoms with Gasteiger partial charge in [-0.2, -0.15) is 4.31 Å². The Morgan fingerprint density at radius 3 is 2.65 bits per heavy atom. The summed E-state index contributed by atoms with van der Waals surface area (Å²) in [6.45, 7) is 2.36. The number of carbonyl (C=O) groups excluding carboxylic acids is 2. The van der Waals surface area contributed by atoms with Crippen LogP contribution in [0, 0.1) is 5.92 Å². The fourth-order valence-electron chi connectivity index (χ4n) is 3.85. The lowest BCUT2D eigenvalue weighted by Gasteiger charge is -2.31. The number of rotatable bonds is 5. The van der Waals surface area contributed by atoms with Gasteiger partial charge >= 0.3 is 0 Å². The number of carbonyl (C=O) groups is 2. The molecule has 2 aliphatic heterocycles. The minimum atomic E-state index is -3.64. The summed E-state index contributed by atoms with van der Waals surface area (Å²) in [5.74, 6) is -0.590. The molecule has 166 valence electrons. The third-order valence-corrected chi connectivity index (χ3v) is 8.27. The largest absolute Gasteiger partial charge is 0.379 e. The first-order valence-electron chi connectivity index (χ1n) is 10.3. The number of hydrogen-bond acceptors (Lipinski definition) is 6. The van der Waals surface area contributed by atoms with E-state index in [9.17, 15) is 18.0 Å². The lowest BCUT2D eigenvalue weighted by molar-refractivity contribution is -0.121. The van der Waals surface area contributed by atoms with Crippen molar-refractivity contribution in [1.29, 1.82) is 0 Å². The Labute approximate surface area is 185 Å². The van der Waals surface area contributed by atoms with Gasteiger partial charge in [0.05, 0.1) is 28.9 Å². The van der Waals surface area contributed by atoms with Crippen molar-refractivity contribution >= 4 is 38.9 Å². The molecular weight excluding hydrogens is 438 g/mol. The quantitative estimate of drug-likeness (QED) is 0.734. The van der Waals surface area contributed by atoms with Crippen molar-refractivity contribution in [3.8, 4) is 0 Å². The molecule has 1 aromatic heterocycles. The van der Waals surface area contributed by atoms with Crippen LogP contribution in [0.4, 0.5) is 5.69 Å². The molecule has 0 aliphatic carbocycles. The summed E-state index contributed by atoms with van der Waals surface area (Å²) in [5, 5.41) is 4.70. The Kier molecular flexibility index (Phi) is 6.71. The summed E-state index contributed by atoms with van der Waals surface area (Å²) in [6, 6.07) is 9.94. The second-order valence-corrected chi connectivity index (χ2v) is 10.5. The van der Waals surface area contributed by atoms with Gasteiger partial charge in [-0.3, -0.25) is 9.59 Å². The summed E-state index contributed by atoms with van der Waals surface area (Å²) in [5.41, 5.74) is 0.432. The van der Waals surface area contributed by atoms with Crippen molar-refractivity contribution in [2.75, 3.05) is 44.7 Å². The maximum Gasteiger partial charge on any atom is 0.263 e. The standard InChI is InChI=1S/C21H25N3O5S2/c25-20(16-4-2-8-23(15-16)21(26)19-7-3-13-30-19)22-17-5-1-6-18(14-17)31(27,28)24-9-11-29-12-10-24/h1,3,5-7,13-14,16H,2,4,8-12,15H2,(H,22,25)/t16-/m1/s1. The van der Waals surface area contributed by atoms with Crippen molar-refractivity contribution in [3.63, 3.8) is 0 Å². The third kappa shape index (κ3) is 4.98. The van der Waals surface area contributed by atoms with Gasteiger partial charge < -0.3 is 15.0 Å². The number of anilines is 1. The highest BCUT2D eigenvalue weighted by atomic mass is 32.2. The van der Waals surface area contributed by atoms with E-state index in [0.717, 1.165) is 6.42 Å². The molecule has 2 fully saturated rings. The van der Waals surface area contributed by atoms with Gasteiger partial charge in [0.1, 0.15) is 0 Å². The predicted molar refractivity (Wildman–Crippen MR) is 118 cm³/mol. The van der Waals surface area contributed by atoms with Crippen LogP contribution in [0.3, 0.4) is 0 Å². The molecule has 0 saturated carbocycles. The highest BCUT2D eigenvalue weighted by molar-refractivity contribution is 7.89. The molecule has 10 heteroatoms. The Bertz CT molecular complexity index is 1030. The Morgan fingerprint density at radius 1 is 1.10 bits per heavy atom. The van der Waals surface area contributed by atoms with E-state index >= 15 is 0 Å². The van der Waals surface area contributed by atoms with Gasteiger partial charge in [0, 0.05) is 31.9 Å². The minimum absolute atomic E-state index is 0.0499. The number of sulfonamides is 1. The number of thiophene rings is 1. The second-order valence-electron chi connectivity index (χ2n) is 7.60. The number of nitrogens with zero attached hydrogens (tertiary/aromatic N) is 2. The zero-order valence-corrected chi connectivity index (χ0v) is 18.7. The van der Waals surface area contributed by atoms with E-state index < -0.39 is 10.0 Å². The van der Waals surface area contributed by atoms with Gasteiger partial charge in [-0.1, -0.05) is 12.1 Å². The number of likely N-dealkylation sites (tertiary alicyclic amines) is 1. The number of amides is 2. The van der Waals surface area contributed by atoms with Crippen LogP contribution in [-0.2, 0) is 19.6 Å². The smallest absolute Gasteiger partial charge is 0.263 e. The fourth-order valence-corrected chi connectivity index (χ4v) is 5.99. The number of piperidine rings is 1. The third-order valence-electron chi connectivity index (χ3n) is 5.52. The van der Waals surface area contributed by atoms with Crippen LogP contribution in [0.1, 0.15) is 22.5 Å². The summed E-state index contributed by atoms with van der Waals surface area (Å²) in [4.78, 5) is 28.0. The molecule has 3 heterocycles. The van der Waals surface area contributed by atoms with Gasteiger partial charge in [0.25, 0.3) is 5.91 Å². The number of morpholine rings is 1. The molecule has 1 aromatic carbocycles.